The molecule has 0 aliphatic carbocycles. The number of unbranched alkanes of at least 4 members (excludes halogenated alkanes) is 2. The smallest absolute Gasteiger partial charge is 0.219 e. The highest BCUT2D eigenvalue weighted by Gasteiger charge is 2.23. The van der Waals surface area contributed by atoms with Gasteiger partial charge in [-0.05, 0) is 62.6 Å². The molecule has 152 valence electrons. The van der Waals surface area contributed by atoms with Crippen molar-refractivity contribution < 1.29 is 17.6 Å². The second-order valence-electron chi connectivity index (χ2n) is 7.17. The van der Waals surface area contributed by atoms with E-state index in [1.165, 1.54) is 12.1 Å². The highest BCUT2D eigenvalue weighted by molar-refractivity contribution is 7.89. The second-order valence-corrected chi connectivity index (χ2v) is 9.25. The first-order valence-corrected chi connectivity index (χ1v) is 11.6. The van der Waals surface area contributed by atoms with Crippen molar-refractivity contribution >= 4 is 15.9 Å². The van der Waals surface area contributed by atoms with Crippen molar-refractivity contribution in [2.24, 2.45) is 0 Å². The Morgan fingerprint density at radius 3 is 2.41 bits per heavy atom. The maximum absolute atomic E-state index is 12.8. The van der Waals surface area contributed by atoms with Gasteiger partial charge in [-0.3, -0.25) is 4.79 Å². The van der Waals surface area contributed by atoms with Crippen LogP contribution in [0.25, 0.3) is 0 Å². The van der Waals surface area contributed by atoms with Gasteiger partial charge in [-0.2, -0.15) is 0 Å². The van der Waals surface area contributed by atoms with Crippen molar-refractivity contribution in [2.75, 3.05) is 25.4 Å². The number of hydrogen-bond donors (Lipinski definition) is 1. The Bertz CT molecular complexity index is 671. The third kappa shape index (κ3) is 8.39. The Kier molecular flexibility index (Phi) is 9.21. The van der Waals surface area contributed by atoms with E-state index in [1.54, 1.807) is 16.4 Å². The standard InChI is InChI=1S/C20H31FN2O3S/c21-19-12-10-18(11-13-19)8-2-4-14-22-20(24)9-3-7-17-27(25,26)23-15-5-1-6-16-23/h10-13H,1-9,14-17H2,(H,22,24). The lowest BCUT2D eigenvalue weighted by Gasteiger charge is -2.25. The van der Waals surface area contributed by atoms with Crippen molar-refractivity contribution in [1.29, 1.82) is 0 Å². The summed E-state index contributed by atoms with van der Waals surface area (Å²) in [5, 5.41) is 2.88. The summed E-state index contributed by atoms with van der Waals surface area (Å²) in [6, 6.07) is 6.49. The molecule has 1 aromatic rings. The van der Waals surface area contributed by atoms with Crippen LogP contribution in [0, 0.1) is 5.82 Å². The lowest BCUT2D eigenvalue weighted by Crippen LogP contribution is -2.37. The molecule has 0 unspecified atom stereocenters. The Morgan fingerprint density at radius 1 is 1.00 bits per heavy atom. The van der Waals surface area contributed by atoms with E-state index in [2.05, 4.69) is 5.32 Å². The molecule has 7 heteroatoms. The van der Waals surface area contributed by atoms with Crippen molar-refractivity contribution in [1.82, 2.24) is 9.62 Å². The van der Waals surface area contributed by atoms with Crippen LogP contribution in [0.3, 0.4) is 0 Å². The molecule has 27 heavy (non-hydrogen) atoms. The van der Waals surface area contributed by atoms with Gasteiger partial charge in [0.25, 0.3) is 0 Å². The first kappa shape index (κ1) is 21.8. The van der Waals surface area contributed by atoms with E-state index in [-0.39, 0.29) is 17.5 Å². The van der Waals surface area contributed by atoms with Gasteiger partial charge in [0.1, 0.15) is 5.82 Å². The SMILES string of the molecule is O=C(CCCCS(=O)(=O)N1CCCCC1)NCCCCc1ccc(F)cc1. The average Bonchev–Trinajstić information content (AvgIpc) is 2.67. The van der Waals surface area contributed by atoms with Crippen LogP contribution in [0.1, 0.15) is 56.9 Å². The average molecular weight is 399 g/mol. The van der Waals surface area contributed by atoms with E-state index in [0.717, 1.165) is 44.1 Å². The van der Waals surface area contributed by atoms with Crippen LogP contribution in [0.15, 0.2) is 24.3 Å². The number of nitrogens with one attached hydrogen (secondary N) is 1. The molecule has 0 atom stereocenters. The maximum atomic E-state index is 12.8. The highest BCUT2D eigenvalue weighted by atomic mass is 32.2. The molecule has 2 rings (SSSR count). The minimum Gasteiger partial charge on any atom is -0.356 e. The largest absolute Gasteiger partial charge is 0.356 e. The molecule has 1 N–H and O–H groups in total. The molecule has 0 bridgehead atoms. The van der Waals surface area contributed by atoms with Crippen molar-refractivity contribution in [3.8, 4) is 0 Å². The number of benzene rings is 1. The van der Waals surface area contributed by atoms with Crippen LogP contribution in [-0.2, 0) is 21.2 Å². The molecule has 1 aliphatic rings. The Labute approximate surface area is 162 Å². The van der Waals surface area contributed by atoms with Gasteiger partial charge in [-0.25, -0.2) is 17.1 Å². The molecule has 5 nitrogen and oxygen atoms in total. The summed E-state index contributed by atoms with van der Waals surface area (Å²) in [6.45, 7) is 1.90. The van der Waals surface area contributed by atoms with E-state index in [4.69, 9.17) is 0 Å². The van der Waals surface area contributed by atoms with Crippen molar-refractivity contribution in [3.05, 3.63) is 35.6 Å². The number of aryl methyl sites for hydroxylation is 1. The van der Waals surface area contributed by atoms with Crippen LogP contribution < -0.4 is 5.32 Å². The summed E-state index contributed by atoms with van der Waals surface area (Å²) < 4.78 is 38.8. The molecule has 0 radical (unpaired) electrons. The number of piperidine rings is 1. The number of nitrogens with zero attached hydrogens (tertiary/aromatic N) is 1. The number of carbonyl (C=O) groups is 1. The highest BCUT2D eigenvalue weighted by Crippen LogP contribution is 2.14. The summed E-state index contributed by atoms with van der Waals surface area (Å²) in [4.78, 5) is 11.8. The summed E-state index contributed by atoms with van der Waals surface area (Å²) in [5.74, 6) is -0.111. The molecule has 1 aromatic carbocycles. The second kappa shape index (κ2) is 11.4. The minimum absolute atomic E-state index is 0.0212. The van der Waals surface area contributed by atoms with E-state index >= 15 is 0 Å². The number of rotatable bonds is 11. The van der Waals surface area contributed by atoms with Crippen LogP contribution in [0.4, 0.5) is 4.39 Å². The fraction of sp³-hybridized carbons (Fsp3) is 0.650. The minimum atomic E-state index is -3.16. The van der Waals surface area contributed by atoms with Crippen LogP contribution in [0.5, 0.6) is 0 Å². The molecule has 0 spiro atoms. The molecule has 1 fully saturated rings. The van der Waals surface area contributed by atoms with Gasteiger partial charge in [-0.15, -0.1) is 0 Å². The molecule has 0 aromatic heterocycles. The fourth-order valence-electron chi connectivity index (χ4n) is 3.26. The molecule has 0 saturated carbocycles. The van der Waals surface area contributed by atoms with Gasteiger partial charge in [0, 0.05) is 26.1 Å². The maximum Gasteiger partial charge on any atom is 0.219 e. The zero-order chi connectivity index (χ0) is 19.5. The normalized spacial score (nSPS) is 15.6. The molecule has 1 saturated heterocycles. The Hall–Kier alpha value is -1.47. The van der Waals surface area contributed by atoms with Crippen molar-refractivity contribution in [3.63, 3.8) is 0 Å². The van der Waals surface area contributed by atoms with Gasteiger partial charge in [0.15, 0.2) is 0 Å². The monoisotopic (exact) mass is 398 g/mol. The van der Waals surface area contributed by atoms with Gasteiger partial charge < -0.3 is 5.32 Å². The van der Waals surface area contributed by atoms with Gasteiger partial charge in [0.2, 0.25) is 15.9 Å². The van der Waals surface area contributed by atoms with E-state index in [1.807, 2.05) is 0 Å². The Balaban J connectivity index is 1.50. The van der Waals surface area contributed by atoms with E-state index in [0.29, 0.717) is 38.9 Å². The van der Waals surface area contributed by atoms with Crippen molar-refractivity contribution in [2.45, 2.75) is 57.8 Å². The number of sulfonamides is 1. The van der Waals surface area contributed by atoms with Gasteiger partial charge >= 0.3 is 0 Å². The number of carbonyl (C=O) groups excluding carboxylic acids is 1. The zero-order valence-corrected chi connectivity index (χ0v) is 16.8. The summed E-state index contributed by atoms with van der Waals surface area (Å²) in [7, 11) is -3.16. The predicted molar refractivity (Wildman–Crippen MR) is 105 cm³/mol. The van der Waals surface area contributed by atoms with E-state index < -0.39 is 10.0 Å². The zero-order valence-electron chi connectivity index (χ0n) is 16.0. The third-order valence-corrected chi connectivity index (χ3v) is 6.85. The van der Waals surface area contributed by atoms with Gasteiger partial charge in [0.05, 0.1) is 5.75 Å². The van der Waals surface area contributed by atoms with Crippen LogP contribution in [-0.4, -0.2) is 44.0 Å². The lowest BCUT2D eigenvalue weighted by atomic mass is 10.1. The first-order valence-electron chi connectivity index (χ1n) is 9.96. The van der Waals surface area contributed by atoms with Gasteiger partial charge in [-0.1, -0.05) is 18.6 Å². The van der Waals surface area contributed by atoms with E-state index in [9.17, 15) is 17.6 Å². The van der Waals surface area contributed by atoms with Crippen LogP contribution in [0.2, 0.25) is 0 Å². The Morgan fingerprint density at radius 2 is 1.70 bits per heavy atom. The first-order chi connectivity index (χ1) is 13.0. The third-order valence-electron chi connectivity index (χ3n) is 4.89. The molecular formula is C20H31FN2O3S. The molecular weight excluding hydrogens is 367 g/mol. The lowest BCUT2D eigenvalue weighted by molar-refractivity contribution is -0.121. The van der Waals surface area contributed by atoms with Crippen LogP contribution >= 0.6 is 0 Å². The quantitative estimate of drug-likeness (QED) is 0.582. The molecule has 1 heterocycles. The number of amides is 1. The number of halogens is 1. The fourth-order valence-corrected chi connectivity index (χ4v) is 4.91. The molecule has 1 amide bonds. The predicted octanol–water partition coefficient (Wildman–Crippen LogP) is 3.25. The number of hydrogen-bond acceptors (Lipinski definition) is 3. The molecule has 1 aliphatic heterocycles. The summed E-state index contributed by atoms with van der Waals surface area (Å²) in [5.41, 5.74) is 1.10. The summed E-state index contributed by atoms with van der Waals surface area (Å²) >= 11 is 0. The topological polar surface area (TPSA) is 66.5 Å². The summed E-state index contributed by atoms with van der Waals surface area (Å²) in [6.07, 6.45) is 7.15.